The number of nitrogens with one attached hydrogen (secondary N) is 1. The molecule has 1 fully saturated rings. The minimum absolute atomic E-state index is 0.165. The molecule has 1 amide bonds. The van der Waals surface area contributed by atoms with Crippen LogP contribution in [0.5, 0.6) is 0 Å². The number of anilines is 2. The number of carbonyl (C=O) groups excluding carboxylic acids is 3. The summed E-state index contributed by atoms with van der Waals surface area (Å²) in [6.45, 7) is 2.03. The van der Waals surface area contributed by atoms with E-state index in [-0.39, 0.29) is 17.5 Å². The average molecular weight is 517 g/mol. The van der Waals surface area contributed by atoms with E-state index < -0.39 is 23.4 Å². The highest BCUT2D eigenvalue weighted by atomic mass is 32.1. The molecule has 3 aliphatic rings. The van der Waals surface area contributed by atoms with Crippen molar-refractivity contribution in [3.05, 3.63) is 124 Å². The van der Waals surface area contributed by atoms with Crippen molar-refractivity contribution in [2.45, 2.75) is 24.4 Å². The monoisotopic (exact) mass is 516 g/mol. The standard InChI is InChI=1S/C32H24N2O3S/c1-19-13-15-24-21(18-19)14-16-26-32(22-10-5-6-11-23(22)33-31(32)37)27(30(36)25-12-7-17-38-25)28(34(24)26)29(35)20-8-3-2-4-9-20/h2-18,26-28H,1H3,(H,33,37)/t26-,27+,28-,32+/m0/s1. The fourth-order valence-electron chi connectivity index (χ4n) is 6.64. The molecule has 3 aromatic carbocycles. The lowest BCUT2D eigenvalue weighted by molar-refractivity contribution is -0.121. The number of hydrogen-bond donors (Lipinski definition) is 1. The van der Waals surface area contributed by atoms with E-state index >= 15 is 0 Å². The van der Waals surface area contributed by atoms with Crippen molar-refractivity contribution in [2.24, 2.45) is 5.92 Å². The van der Waals surface area contributed by atoms with Gasteiger partial charge in [0.1, 0.15) is 11.5 Å². The number of aryl methyl sites for hydroxylation is 1. The molecule has 3 aliphatic heterocycles. The Morgan fingerprint density at radius 3 is 2.50 bits per heavy atom. The van der Waals surface area contributed by atoms with Gasteiger partial charge >= 0.3 is 0 Å². The number of hydrogen-bond acceptors (Lipinski definition) is 5. The largest absolute Gasteiger partial charge is 0.352 e. The highest BCUT2D eigenvalue weighted by Gasteiger charge is 2.70. The van der Waals surface area contributed by atoms with E-state index in [0.29, 0.717) is 16.1 Å². The van der Waals surface area contributed by atoms with E-state index in [9.17, 15) is 14.4 Å². The number of carbonyl (C=O) groups is 3. The topological polar surface area (TPSA) is 66.5 Å². The molecule has 1 N–H and O–H groups in total. The third kappa shape index (κ3) is 3.01. The lowest BCUT2D eigenvalue weighted by Gasteiger charge is -2.37. The maximum absolute atomic E-state index is 14.5. The zero-order chi connectivity index (χ0) is 26.0. The number of thiophene rings is 1. The van der Waals surface area contributed by atoms with Crippen molar-refractivity contribution >= 4 is 46.3 Å². The Kier molecular flexibility index (Phi) is 5.03. The second kappa shape index (κ2) is 8.36. The molecule has 4 heterocycles. The van der Waals surface area contributed by atoms with Crippen LogP contribution in [0.2, 0.25) is 0 Å². The molecule has 38 heavy (non-hydrogen) atoms. The number of fused-ring (bicyclic) bond motifs is 6. The smallest absolute Gasteiger partial charge is 0.238 e. The summed E-state index contributed by atoms with van der Waals surface area (Å²) >= 11 is 1.34. The number of nitrogens with zero attached hydrogens (tertiary/aromatic N) is 1. The van der Waals surface area contributed by atoms with Crippen LogP contribution in [-0.2, 0) is 10.2 Å². The van der Waals surface area contributed by atoms with Crippen LogP contribution in [-0.4, -0.2) is 29.6 Å². The Morgan fingerprint density at radius 2 is 1.71 bits per heavy atom. The van der Waals surface area contributed by atoms with Crippen LogP contribution < -0.4 is 10.2 Å². The van der Waals surface area contributed by atoms with Crippen LogP contribution in [0.15, 0.2) is 96.4 Å². The zero-order valence-corrected chi connectivity index (χ0v) is 21.4. The first kappa shape index (κ1) is 22.9. The number of benzene rings is 3. The molecular formula is C32H24N2O3S. The summed E-state index contributed by atoms with van der Waals surface area (Å²) in [5.41, 5.74) is 3.63. The molecule has 5 nitrogen and oxygen atoms in total. The minimum atomic E-state index is -1.27. The lowest BCUT2D eigenvalue weighted by Crippen LogP contribution is -2.51. The summed E-state index contributed by atoms with van der Waals surface area (Å²) in [5.74, 6) is -1.52. The molecule has 6 heteroatoms. The molecule has 186 valence electrons. The molecular weight excluding hydrogens is 492 g/mol. The van der Waals surface area contributed by atoms with E-state index in [1.165, 1.54) is 11.3 Å². The Balaban J connectivity index is 1.55. The Hall–Kier alpha value is -4.29. The maximum atomic E-state index is 14.5. The van der Waals surface area contributed by atoms with Crippen molar-refractivity contribution in [1.29, 1.82) is 0 Å². The fraction of sp³-hybridized carbons (Fsp3) is 0.156. The zero-order valence-electron chi connectivity index (χ0n) is 20.6. The van der Waals surface area contributed by atoms with Gasteiger partial charge in [0.05, 0.1) is 16.8 Å². The van der Waals surface area contributed by atoms with Crippen LogP contribution in [0.4, 0.5) is 11.4 Å². The second-order valence-electron chi connectivity index (χ2n) is 10.1. The van der Waals surface area contributed by atoms with Crippen LogP contribution in [0.1, 0.15) is 36.7 Å². The van der Waals surface area contributed by atoms with Gasteiger partial charge in [0.15, 0.2) is 11.6 Å². The first-order valence-corrected chi connectivity index (χ1v) is 13.5. The quantitative estimate of drug-likeness (QED) is 0.343. The molecule has 4 atom stereocenters. The predicted octanol–water partition coefficient (Wildman–Crippen LogP) is 5.91. The number of Topliss-reactive ketones (excluding diaryl/α,β-unsaturated/α-hetero) is 2. The molecule has 4 aromatic rings. The first-order valence-electron chi connectivity index (χ1n) is 12.7. The van der Waals surface area contributed by atoms with Crippen molar-refractivity contribution in [2.75, 3.05) is 10.2 Å². The van der Waals surface area contributed by atoms with E-state index in [4.69, 9.17) is 0 Å². The minimum Gasteiger partial charge on any atom is -0.352 e. The highest BCUT2D eigenvalue weighted by Crippen LogP contribution is 2.58. The molecule has 1 spiro atoms. The van der Waals surface area contributed by atoms with Gasteiger partial charge in [-0.25, -0.2) is 0 Å². The number of ketones is 2. The Labute approximate surface area is 224 Å². The Morgan fingerprint density at radius 1 is 0.921 bits per heavy atom. The molecule has 0 bridgehead atoms. The van der Waals surface area contributed by atoms with Gasteiger partial charge in [0, 0.05) is 16.9 Å². The average Bonchev–Trinajstić information content (AvgIpc) is 3.65. The maximum Gasteiger partial charge on any atom is 0.238 e. The van der Waals surface area contributed by atoms with Gasteiger partial charge in [-0.2, -0.15) is 0 Å². The van der Waals surface area contributed by atoms with Crippen molar-refractivity contribution in [3.63, 3.8) is 0 Å². The lowest BCUT2D eigenvalue weighted by atomic mass is 9.64. The predicted molar refractivity (Wildman–Crippen MR) is 150 cm³/mol. The van der Waals surface area contributed by atoms with Crippen LogP contribution in [0.25, 0.3) is 6.08 Å². The molecule has 1 saturated heterocycles. The Bertz CT molecular complexity index is 1640. The van der Waals surface area contributed by atoms with Gasteiger partial charge in [-0.05, 0) is 47.7 Å². The molecule has 0 unspecified atom stereocenters. The summed E-state index contributed by atoms with van der Waals surface area (Å²) in [6, 6.07) is 25.0. The fourth-order valence-corrected chi connectivity index (χ4v) is 7.35. The summed E-state index contributed by atoms with van der Waals surface area (Å²) in [6.07, 6.45) is 4.04. The second-order valence-corrected chi connectivity index (χ2v) is 11.1. The summed E-state index contributed by atoms with van der Waals surface area (Å²) in [4.78, 5) is 45.8. The number of amides is 1. The number of rotatable bonds is 4. The van der Waals surface area contributed by atoms with Gasteiger partial charge in [0.2, 0.25) is 5.91 Å². The normalized spacial score (nSPS) is 24.6. The third-order valence-corrected chi connectivity index (χ3v) is 9.05. The van der Waals surface area contributed by atoms with Gasteiger partial charge in [-0.1, -0.05) is 78.4 Å². The molecule has 7 rings (SSSR count). The summed E-state index contributed by atoms with van der Waals surface area (Å²) in [7, 11) is 0. The van der Waals surface area contributed by atoms with E-state index in [1.54, 1.807) is 18.2 Å². The van der Waals surface area contributed by atoms with Gasteiger partial charge < -0.3 is 10.2 Å². The first-order chi connectivity index (χ1) is 18.5. The molecule has 0 radical (unpaired) electrons. The third-order valence-electron chi connectivity index (χ3n) is 8.16. The van der Waals surface area contributed by atoms with E-state index in [0.717, 1.165) is 22.4 Å². The van der Waals surface area contributed by atoms with Gasteiger partial charge in [-0.3, -0.25) is 14.4 Å². The van der Waals surface area contributed by atoms with Crippen LogP contribution >= 0.6 is 11.3 Å². The molecule has 1 aromatic heterocycles. The van der Waals surface area contributed by atoms with E-state index in [2.05, 4.69) is 11.4 Å². The SMILES string of the molecule is Cc1ccc2c(c1)C=C[C@@H]1N2[C@H](C(=O)c2ccccc2)[C@H](C(=O)c2cccs2)[C@]12C(=O)Nc1ccccc12. The molecule has 0 saturated carbocycles. The number of para-hydroxylation sites is 1. The van der Waals surface area contributed by atoms with Gasteiger partial charge in [-0.15, -0.1) is 11.3 Å². The van der Waals surface area contributed by atoms with Gasteiger partial charge in [0.25, 0.3) is 0 Å². The summed E-state index contributed by atoms with van der Waals surface area (Å²) in [5, 5.41) is 4.92. The van der Waals surface area contributed by atoms with Crippen LogP contribution in [0, 0.1) is 12.8 Å². The van der Waals surface area contributed by atoms with Crippen LogP contribution in [0.3, 0.4) is 0 Å². The molecule has 0 aliphatic carbocycles. The summed E-state index contributed by atoms with van der Waals surface area (Å²) < 4.78 is 0. The van der Waals surface area contributed by atoms with Crippen molar-refractivity contribution < 1.29 is 14.4 Å². The van der Waals surface area contributed by atoms with Crippen molar-refractivity contribution in [1.82, 2.24) is 0 Å². The van der Waals surface area contributed by atoms with Crippen molar-refractivity contribution in [3.8, 4) is 0 Å². The van der Waals surface area contributed by atoms with E-state index in [1.807, 2.05) is 90.0 Å². The highest BCUT2D eigenvalue weighted by molar-refractivity contribution is 7.12.